The third kappa shape index (κ3) is 7.21. The van der Waals surface area contributed by atoms with E-state index in [0.29, 0.717) is 0 Å². The van der Waals surface area contributed by atoms with E-state index in [1.807, 2.05) is 39.0 Å². The second kappa shape index (κ2) is 4.13. The zero-order chi connectivity index (χ0) is 7.28. The van der Waals surface area contributed by atoms with Crippen molar-refractivity contribution in [3.8, 4) is 0 Å². The Morgan fingerprint density at radius 3 is 2.22 bits per heavy atom. The SMILES string of the molecule is CC(C)=CN=CN(C)C. The van der Waals surface area contributed by atoms with Gasteiger partial charge in [0.1, 0.15) is 0 Å². The Hall–Kier alpha value is -0.790. The summed E-state index contributed by atoms with van der Waals surface area (Å²) < 4.78 is 0. The van der Waals surface area contributed by atoms with Gasteiger partial charge in [0.15, 0.2) is 0 Å². The standard InChI is InChI=1S/C7H14N2/c1-7(2)5-8-6-9(3)4/h5-6H,1-4H3. The fourth-order valence-corrected chi connectivity index (χ4v) is 0.316. The van der Waals surface area contributed by atoms with E-state index < -0.39 is 0 Å². The van der Waals surface area contributed by atoms with Crippen molar-refractivity contribution in [3.63, 3.8) is 0 Å². The zero-order valence-corrected chi connectivity index (χ0v) is 6.55. The molecule has 0 aliphatic rings. The summed E-state index contributed by atoms with van der Waals surface area (Å²) >= 11 is 0. The lowest BCUT2D eigenvalue weighted by molar-refractivity contribution is 0.643. The maximum atomic E-state index is 4.01. The predicted octanol–water partition coefficient (Wildman–Crippen LogP) is 1.50. The van der Waals surface area contributed by atoms with Gasteiger partial charge in [-0.3, -0.25) is 0 Å². The van der Waals surface area contributed by atoms with Crippen LogP contribution in [0.2, 0.25) is 0 Å². The first-order valence-electron chi connectivity index (χ1n) is 2.96. The average molecular weight is 126 g/mol. The summed E-state index contributed by atoms with van der Waals surface area (Å²) in [4.78, 5) is 5.91. The molecular weight excluding hydrogens is 112 g/mol. The Balaban J connectivity index is 3.60. The minimum atomic E-state index is 1.22. The lowest BCUT2D eigenvalue weighted by Crippen LogP contribution is -2.06. The number of hydrogen-bond acceptors (Lipinski definition) is 1. The molecule has 0 N–H and O–H groups in total. The number of rotatable bonds is 2. The van der Waals surface area contributed by atoms with E-state index in [9.17, 15) is 0 Å². The van der Waals surface area contributed by atoms with Gasteiger partial charge in [-0.25, -0.2) is 4.99 Å². The lowest BCUT2D eigenvalue weighted by atomic mass is 10.4. The molecule has 0 saturated heterocycles. The maximum Gasteiger partial charge on any atom is 0.0899 e. The third-order valence-electron chi connectivity index (χ3n) is 0.630. The van der Waals surface area contributed by atoms with Crippen molar-refractivity contribution in [1.82, 2.24) is 4.90 Å². The van der Waals surface area contributed by atoms with Gasteiger partial charge in [0.25, 0.3) is 0 Å². The van der Waals surface area contributed by atoms with Crippen LogP contribution in [-0.4, -0.2) is 25.3 Å². The molecule has 9 heavy (non-hydrogen) atoms. The summed E-state index contributed by atoms with van der Waals surface area (Å²) in [5.74, 6) is 0. The first-order chi connectivity index (χ1) is 4.13. The molecule has 0 aliphatic carbocycles. The first kappa shape index (κ1) is 8.21. The molecule has 0 atom stereocenters. The smallest absolute Gasteiger partial charge is 0.0899 e. The fourth-order valence-electron chi connectivity index (χ4n) is 0.316. The highest BCUT2D eigenvalue weighted by molar-refractivity contribution is 5.54. The van der Waals surface area contributed by atoms with Crippen LogP contribution in [0.25, 0.3) is 0 Å². The van der Waals surface area contributed by atoms with Crippen LogP contribution in [0.4, 0.5) is 0 Å². The Morgan fingerprint density at radius 1 is 1.33 bits per heavy atom. The van der Waals surface area contributed by atoms with Crippen molar-refractivity contribution in [1.29, 1.82) is 0 Å². The normalized spacial score (nSPS) is 9.78. The second-order valence-electron chi connectivity index (χ2n) is 2.43. The van der Waals surface area contributed by atoms with E-state index in [2.05, 4.69) is 4.99 Å². The van der Waals surface area contributed by atoms with Crippen LogP contribution in [0.3, 0.4) is 0 Å². The largest absolute Gasteiger partial charge is 0.369 e. The van der Waals surface area contributed by atoms with Crippen LogP contribution in [0.15, 0.2) is 16.8 Å². The molecule has 0 radical (unpaired) electrons. The highest BCUT2D eigenvalue weighted by Crippen LogP contribution is 1.86. The van der Waals surface area contributed by atoms with E-state index in [4.69, 9.17) is 0 Å². The molecule has 52 valence electrons. The molecule has 0 bridgehead atoms. The number of hydrogen-bond donors (Lipinski definition) is 0. The quantitative estimate of drug-likeness (QED) is 0.404. The zero-order valence-electron chi connectivity index (χ0n) is 6.55. The van der Waals surface area contributed by atoms with Crippen molar-refractivity contribution < 1.29 is 0 Å². The third-order valence-corrected chi connectivity index (χ3v) is 0.630. The van der Waals surface area contributed by atoms with Crippen LogP contribution >= 0.6 is 0 Å². The molecule has 0 aromatic rings. The summed E-state index contributed by atoms with van der Waals surface area (Å²) in [5, 5.41) is 0. The molecule has 2 heteroatoms. The minimum absolute atomic E-state index is 1.22. The summed E-state index contributed by atoms with van der Waals surface area (Å²) in [7, 11) is 3.89. The van der Waals surface area contributed by atoms with Gasteiger partial charge in [0, 0.05) is 20.3 Å². The molecule has 0 fully saturated rings. The molecule has 0 heterocycles. The summed E-state index contributed by atoms with van der Waals surface area (Å²) in [5.41, 5.74) is 1.22. The molecule has 2 nitrogen and oxygen atoms in total. The van der Waals surface area contributed by atoms with Gasteiger partial charge in [-0.15, -0.1) is 0 Å². The van der Waals surface area contributed by atoms with Gasteiger partial charge in [-0.1, -0.05) is 5.57 Å². The van der Waals surface area contributed by atoms with Crippen molar-refractivity contribution >= 4 is 6.34 Å². The van der Waals surface area contributed by atoms with Gasteiger partial charge in [0.05, 0.1) is 6.34 Å². The fraction of sp³-hybridized carbons (Fsp3) is 0.571. The van der Waals surface area contributed by atoms with Crippen LogP contribution in [0.1, 0.15) is 13.8 Å². The molecule has 0 saturated carbocycles. The van der Waals surface area contributed by atoms with Gasteiger partial charge < -0.3 is 4.90 Å². The molecule has 0 amide bonds. The first-order valence-corrected chi connectivity index (χ1v) is 2.96. The Kier molecular flexibility index (Phi) is 3.76. The summed E-state index contributed by atoms with van der Waals surface area (Å²) in [6.45, 7) is 4.04. The molecule has 0 aromatic carbocycles. The monoisotopic (exact) mass is 126 g/mol. The van der Waals surface area contributed by atoms with Crippen LogP contribution < -0.4 is 0 Å². The second-order valence-corrected chi connectivity index (χ2v) is 2.43. The average Bonchev–Trinajstić information content (AvgIpc) is 1.63. The van der Waals surface area contributed by atoms with E-state index in [0.717, 1.165) is 0 Å². The van der Waals surface area contributed by atoms with Crippen molar-refractivity contribution in [2.75, 3.05) is 14.1 Å². The van der Waals surface area contributed by atoms with E-state index in [-0.39, 0.29) is 0 Å². The molecule has 0 aromatic heterocycles. The van der Waals surface area contributed by atoms with Crippen molar-refractivity contribution in [2.45, 2.75) is 13.8 Å². The van der Waals surface area contributed by atoms with Gasteiger partial charge >= 0.3 is 0 Å². The number of aliphatic imine (C=N–C) groups is 1. The van der Waals surface area contributed by atoms with E-state index >= 15 is 0 Å². The summed E-state index contributed by atoms with van der Waals surface area (Å²) in [6, 6.07) is 0. The topological polar surface area (TPSA) is 15.6 Å². The highest BCUT2D eigenvalue weighted by Gasteiger charge is 1.73. The van der Waals surface area contributed by atoms with E-state index in [1.54, 1.807) is 6.34 Å². The molecule has 0 rings (SSSR count). The van der Waals surface area contributed by atoms with Crippen LogP contribution in [0.5, 0.6) is 0 Å². The molecule has 0 spiro atoms. The Morgan fingerprint density at radius 2 is 1.89 bits per heavy atom. The lowest BCUT2D eigenvalue weighted by Gasteiger charge is -1.99. The number of nitrogens with zero attached hydrogens (tertiary/aromatic N) is 2. The molecule has 0 unspecified atom stereocenters. The van der Waals surface area contributed by atoms with Crippen molar-refractivity contribution in [3.05, 3.63) is 11.8 Å². The molecule has 0 aliphatic heterocycles. The van der Waals surface area contributed by atoms with Crippen molar-refractivity contribution in [2.24, 2.45) is 4.99 Å². The maximum absolute atomic E-state index is 4.01. The molecular formula is C7H14N2. The Labute approximate surface area is 56.9 Å². The number of allylic oxidation sites excluding steroid dienone is 1. The van der Waals surface area contributed by atoms with E-state index in [1.165, 1.54) is 5.57 Å². The predicted molar refractivity (Wildman–Crippen MR) is 41.6 cm³/mol. The van der Waals surface area contributed by atoms with Gasteiger partial charge in [-0.2, -0.15) is 0 Å². The highest BCUT2D eigenvalue weighted by atomic mass is 15.1. The van der Waals surface area contributed by atoms with Crippen LogP contribution in [-0.2, 0) is 0 Å². The summed E-state index contributed by atoms with van der Waals surface area (Å²) in [6.07, 6.45) is 3.60. The van der Waals surface area contributed by atoms with Gasteiger partial charge in [0.2, 0.25) is 0 Å². The minimum Gasteiger partial charge on any atom is -0.369 e. The Bertz CT molecular complexity index is 119. The van der Waals surface area contributed by atoms with Crippen LogP contribution in [0, 0.1) is 0 Å². The van der Waals surface area contributed by atoms with Gasteiger partial charge in [-0.05, 0) is 13.8 Å².